The number of aryl methyl sites for hydroxylation is 1. The summed E-state index contributed by atoms with van der Waals surface area (Å²) in [7, 11) is 0. The number of benzene rings is 1. The Labute approximate surface area is 143 Å². The quantitative estimate of drug-likeness (QED) is 0.827. The van der Waals surface area contributed by atoms with Crippen LogP contribution in [0.2, 0.25) is 0 Å². The Kier molecular flexibility index (Phi) is 3.08. The zero-order valence-electron chi connectivity index (χ0n) is 15.1. The average Bonchev–Trinajstić information content (AvgIpc) is 2.81. The summed E-state index contributed by atoms with van der Waals surface area (Å²) < 4.78 is 11.5. The second kappa shape index (κ2) is 4.68. The number of hydrogen-bond donors (Lipinski definition) is 1. The largest absolute Gasteiger partial charge is 0.507 e. The second-order valence-corrected chi connectivity index (χ2v) is 8.43. The van der Waals surface area contributed by atoms with Gasteiger partial charge in [0.05, 0.1) is 6.61 Å². The van der Waals surface area contributed by atoms with Gasteiger partial charge in [-0.1, -0.05) is 13.8 Å². The highest BCUT2D eigenvalue weighted by Gasteiger charge is 2.69. The van der Waals surface area contributed by atoms with E-state index in [2.05, 4.69) is 20.8 Å². The molecule has 0 spiro atoms. The van der Waals surface area contributed by atoms with Gasteiger partial charge in [0, 0.05) is 17.4 Å². The maximum absolute atomic E-state index is 12.3. The first kappa shape index (κ1) is 15.8. The van der Waals surface area contributed by atoms with Crippen molar-refractivity contribution in [1.82, 2.24) is 0 Å². The van der Waals surface area contributed by atoms with E-state index in [1.165, 1.54) is 6.42 Å². The van der Waals surface area contributed by atoms with Gasteiger partial charge in [-0.05, 0) is 56.6 Å². The van der Waals surface area contributed by atoms with Crippen molar-refractivity contribution in [3.05, 3.63) is 22.8 Å². The predicted octanol–water partition coefficient (Wildman–Crippen LogP) is 4.18. The number of hydrogen-bond acceptors (Lipinski definition) is 4. The highest BCUT2D eigenvalue weighted by Crippen LogP contribution is 2.74. The van der Waals surface area contributed by atoms with E-state index in [1.807, 2.05) is 13.0 Å². The van der Waals surface area contributed by atoms with Crippen LogP contribution in [0.3, 0.4) is 0 Å². The normalized spacial score (nSPS) is 34.6. The third-order valence-corrected chi connectivity index (χ3v) is 6.84. The third kappa shape index (κ3) is 1.72. The summed E-state index contributed by atoms with van der Waals surface area (Å²) in [6.45, 7) is 10.7. The first-order valence-corrected chi connectivity index (χ1v) is 8.95. The van der Waals surface area contributed by atoms with E-state index in [4.69, 9.17) is 9.47 Å². The molecule has 4 rings (SSSR count). The zero-order valence-corrected chi connectivity index (χ0v) is 15.1. The lowest BCUT2D eigenvalue weighted by atomic mass is 9.45. The molecule has 1 aromatic carbocycles. The monoisotopic (exact) mass is 330 g/mol. The molecular weight excluding hydrogens is 304 g/mol. The summed E-state index contributed by atoms with van der Waals surface area (Å²) in [5.74, 6) is 1.62. The molecule has 0 amide bonds. The Bertz CT molecular complexity index is 736. The summed E-state index contributed by atoms with van der Waals surface area (Å²) in [6.07, 6.45) is 2.23. The number of phenols is 1. The maximum Gasteiger partial charge on any atom is 0.342 e. The van der Waals surface area contributed by atoms with Gasteiger partial charge in [-0.15, -0.1) is 0 Å². The van der Waals surface area contributed by atoms with Gasteiger partial charge in [-0.3, -0.25) is 0 Å². The van der Waals surface area contributed by atoms with Gasteiger partial charge < -0.3 is 14.6 Å². The first-order chi connectivity index (χ1) is 11.2. The first-order valence-electron chi connectivity index (χ1n) is 8.95. The van der Waals surface area contributed by atoms with Crippen LogP contribution in [-0.2, 0) is 4.74 Å². The van der Waals surface area contributed by atoms with E-state index in [9.17, 15) is 9.90 Å². The lowest BCUT2D eigenvalue weighted by molar-refractivity contribution is -0.121. The van der Waals surface area contributed by atoms with Crippen LogP contribution in [0.15, 0.2) is 6.07 Å². The number of aromatic hydroxyl groups is 1. The van der Waals surface area contributed by atoms with E-state index >= 15 is 0 Å². The molecule has 4 atom stereocenters. The smallest absolute Gasteiger partial charge is 0.342 e. The molecule has 4 nitrogen and oxygen atoms in total. The van der Waals surface area contributed by atoms with Gasteiger partial charge in [0.25, 0.3) is 0 Å². The molecule has 0 bridgehead atoms. The highest BCUT2D eigenvalue weighted by atomic mass is 16.5. The number of fused-ring (bicyclic) bond motifs is 2. The third-order valence-electron chi connectivity index (χ3n) is 6.84. The molecule has 2 saturated carbocycles. The van der Waals surface area contributed by atoms with E-state index in [0.717, 1.165) is 17.7 Å². The van der Waals surface area contributed by atoms with Gasteiger partial charge in [-0.2, -0.15) is 0 Å². The summed E-state index contributed by atoms with van der Waals surface area (Å²) in [5.41, 5.74) is 1.77. The minimum absolute atomic E-state index is 0.0638. The number of carbonyl (C=O) groups excluding carboxylic acids is 1. The number of rotatable bonds is 2. The van der Waals surface area contributed by atoms with E-state index in [-0.39, 0.29) is 22.7 Å². The molecule has 1 aromatic rings. The van der Waals surface area contributed by atoms with Crippen molar-refractivity contribution < 1.29 is 19.4 Å². The maximum atomic E-state index is 12.3. The van der Waals surface area contributed by atoms with Crippen molar-refractivity contribution >= 4 is 5.97 Å². The zero-order chi connectivity index (χ0) is 17.4. The molecule has 0 saturated heterocycles. The average molecular weight is 330 g/mol. The van der Waals surface area contributed by atoms with Crippen LogP contribution in [0.5, 0.6) is 11.5 Å². The molecule has 1 N–H and O–H groups in total. The van der Waals surface area contributed by atoms with Crippen LogP contribution in [0.4, 0.5) is 0 Å². The van der Waals surface area contributed by atoms with Crippen molar-refractivity contribution in [2.24, 2.45) is 17.3 Å². The summed E-state index contributed by atoms with van der Waals surface area (Å²) in [5, 5.41) is 11.0. The SMILES string of the molecule is CCOC(=O)c1c(C)cc2c(c1O)[C@@H]1[C@@H]3[C@@H](CC[C@]3(C)O2)C1(C)C. The van der Waals surface area contributed by atoms with Gasteiger partial charge in [0.2, 0.25) is 0 Å². The Morgan fingerprint density at radius 1 is 1.42 bits per heavy atom. The van der Waals surface area contributed by atoms with Gasteiger partial charge in [0.1, 0.15) is 22.7 Å². The van der Waals surface area contributed by atoms with Crippen LogP contribution in [0.25, 0.3) is 0 Å². The molecule has 130 valence electrons. The molecule has 2 fully saturated rings. The number of esters is 1. The minimum atomic E-state index is -0.455. The van der Waals surface area contributed by atoms with Crippen molar-refractivity contribution in [2.45, 2.75) is 59.0 Å². The molecule has 0 radical (unpaired) electrons. The fraction of sp³-hybridized carbons (Fsp3) is 0.650. The topological polar surface area (TPSA) is 55.8 Å². The lowest BCUT2D eigenvalue weighted by Crippen LogP contribution is -2.59. The number of phenolic OH excluding ortho intramolecular Hbond substituents is 1. The minimum Gasteiger partial charge on any atom is -0.507 e. The highest BCUT2D eigenvalue weighted by molar-refractivity contribution is 5.95. The summed E-state index contributed by atoms with van der Waals surface area (Å²) in [6, 6.07) is 1.91. The molecule has 1 heterocycles. The number of carbonyl (C=O) groups is 1. The van der Waals surface area contributed by atoms with Crippen molar-refractivity contribution in [3.8, 4) is 11.5 Å². The van der Waals surface area contributed by atoms with Gasteiger partial charge in [-0.25, -0.2) is 4.79 Å². The van der Waals surface area contributed by atoms with E-state index in [1.54, 1.807) is 6.92 Å². The van der Waals surface area contributed by atoms with Crippen LogP contribution in [0, 0.1) is 24.2 Å². The van der Waals surface area contributed by atoms with Crippen LogP contribution in [0.1, 0.15) is 67.9 Å². The van der Waals surface area contributed by atoms with E-state index in [0.29, 0.717) is 29.6 Å². The van der Waals surface area contributed by atoms with Crippen LogP contribution < -0.4 is 4.74 Å². The van der Waals surface area contributed by atoms with Crippen LogP contribution in [-0.4, -0.2) is 23.3 Å². The van der Waals surface area contributed by atoms with Gasteiger partial charge >= 0.3 is 5.97 Å². The Balaban J connectivity index is 1.90. The van der Waals surface area contributed by atoms with Crippen LogP contribution >= 0.6 is 0 Å². The second-order valence-electron chi connectivity index (χ2n) is 8.43. The molecule has 4 heteroatoms. The Hall–Kier alpha value is -1.71. The lowest BCUT2D eigenvalue weighted by Gasteiger charge is -2.62. The van der Waals surface area contributed by atoms with Crippen molar-refractivity contribution in [2.75, 3.05) is 6.61 Å². The van der Waals surface area contributed by atoms with Gasteiger partial charge in [0.15, 0.2) is 0 Å². The molecule has 2 aliphatic carbocycles. The summed E-state index contributed by atoms with van der Waals surface area (Å²) >= 11 is 0. The Morgan fingerprint density at radius 3 is 2.79 bits per heavy atom. The Morgan fingerprint density at radius 2 is 2.12 bits per heavy atom. The molecular formula is C20H26O4. The van der Waals surface area contributed by atoms with E-state index < -0.39 is 5.97 Å². The number of ether oxygens (including phenoxy) is 2. The summed E-state index contributed by atoms with van der Waals surface area (Å²) in [4.78, 5) is 12.3. The fourth-order valence-corrected chi connectivity index (χ4v) is 5.76. The predicted molar refractivity (Wildman–Crippen MR) is 90.6 cm³/mol. The molecule has 3 aliphatic rings. The molecule has 0 unspecified atom stereocenters. The van der Waals surface area contributed by atoms with Crippen molar-refractivity contribution in [1.29, 1.82) is 0 Å². The molecule has 24 heavy (non-hydrogen) atoms. The standard InChI is InChI=1S/C20H26O4/c1-6-23-18(22)13-10(2)9-12-14(17(13)21)16-15-11(19(16,3)4)7-8-20(15,5)24-12/h9,11,15-16,21H,6-8H2,1-5H3/t11-,15+,16-,20+/m1/s1. The molecule has 1 aliphatic heterocycles. The molecule has 0 aromatic heterocycles. The fourth-order valence-electron chi connectivity index (χ4n) is 5.76. The van der Waals surface area contributed by atoms with Crippen molar-refractivity contribution in [3.63, 3.8) is 0 Å².